The van der Waals surface area contributed by atoms with Gasteiger partial charge in [-0.15, -0.1) is 0 Å². The Morgan fingerprint density at radius 3 is 2.75 bits per heavy atom. The summed E-state index contributed by atoms with van der Waals surface area (Å²) in [6, 6.07) is 10.4. The zero-order valence-electron chi connectivity index (χ0n) is 14.2. The average molecular weight is 344 g/mol. The number of nitrogens with zero attached hydrogens (tertiary/aromatic N) is 2. The van der Waals surface area contributed by atoms with Crippen LogP contribution in [-0.2, 0) is 11.3 Å². The molecular weight excluding hydrogens is 320 g/mol. The maximum absolute atomic E-state index is 5.58. The maximum atomic E-state index is 5.58. The highest BCUT2D eigenvalue weighted by Crippen LogP contribution is 2.13. The standard InChI is InChI=1S/C18H24N4OS/c1-13-10-14(2)22(21-13)12-15-5-7-16(8-6-15)20-18(24)19-11-17-4-3-9-23-17/h5-8,10,17H,3-4,9,11-12H2,1-2H3,(H2,19,20,24). The molecule has 1 aromatic carbocycles. The van der Waals surface area contributed by atoms with Gasteiger partial charge >= 0.3 is 0 Å². The Labute approximate surface area is 148 Å². The smallest absolute Gasteiger partial charge is 0.170 e. The third-order valence-electron chi connectivity index (χ3n) is 4.16. The van der Waals surface area contributed by atoms with E-state index >= 15 is 0 Å². The number of benzene rings is 1. The van der Waals surface area contributed by atoms with E-state index in [2.05, 4.69) is 40.9 Å². The molecule has 5 nitrogen and oxygen atoms in total. The van der Waals surface area contributed by atoms with E-state index in [9.17, 15) is 0 Å². The minimum atomic E-state index is 0.285. The van der Waals surface area contributed by atoms with Gasteiger partial charge in [0, 0.05) is 24.5 Å². The lowest BCUT2D eigenvalue weighted by molar-refractivity contribution is 0.114. The summed E-state index contributed by atoms with van der Waals surface area (Å²) in [4.78, 5) is 0. The van der Waals surface area contributed by atoms with Crippen LogP contribution in [-0.4, -0.2) is 34.1 Å². The number of hydrogen-bond donors (Lipinski definition) is 2. The molecule has 0 amide bonds. The third-order valence-corrected chi connectivity index (χ3v) is 4.41. The molecular formula is C18H24N4OS. The Balaban J connectivity index is 1.50. The second-order valence-corrected chi connectivity index (χ2v) is 6.66. The second kappa shape index (κ2) is 7.77. The van der Waals surface area contributed by atoms with Crippen molar-refractivity contribution in [2.24, 2.45) is 0 Å². The van der Waals surface area contributed by atoms with E-state index in [0.29, 0.717) is 5.11 Å². The van der Waals surface area contributed by atoms with Crippen LogP contribution in [0.1, 0.15) is 29.8 Å². The monoisotopic (exact) mass is 344 g/mol. The first kappa shape index (κ1) is 16.9. The molecule has 1 unspecified atom stereocenters. The highest BCUT2D eigenvalue weighted by atomic mass is 32.1. The molecule has 0 aliphatic carbocycles. The van der Waals surface area contributed by atoms with E-state index in [1.165, 1.54) is 11.3 Å². The van der Waals surface area contributed by atoms with E-state index < -0.39 is 0 Å². The highest BCUT2D eigenvalue weighted by molar-refractivity contribution is 7.80. The summed E-state index contributed by atoms with van der Waals surface area (Å²) in [5.74, 6) is 0. The molecule has 1 saturated heterocycles. The number of aryl methyl sites for hydroxylation is 2. The van der Waals surface area contributed by atoms with Gasteiger partial charge in [-0.3, -0.25) is 4.68 Å². The minimum absolute atomic E-state index is 0.285. The predicted octanol–water partition coefficient (Wildman–Crippen LogP) is 3.01. The molecule has 0 spiro atoms. The van der Waals surface area contributed by atoms with Gasteiger partial charge in [0.2, 0.25) is 0 Å². The fraction of sp³-hybridized carbons (Fsp3) is 0.444. The predicted molar refractivity (Wildman–Crippen MR) is 100 cm³/mol. The van der Waals surface area contributed by atoms with Crippen LogP contribution in [0.4, 0.5) is 5.69 Å². The van der Waals surface area contributed by atoms with Gasteiger partial charge in [0.25, 0.3) is 0 Å². The molecule has 24 heavy (non-hydrogen) atoms. The number of thiocarbonyl (C=S) groups is 1. The summed E-state index contributed by atoms with van der Waals surface area (Å²) < 4.78 is 7.60. The molecule has 0 radical (unpaired) electrons. The van der Waals surface area contributed by atoms with Gasteiger partial charge < -0.3 is 15.4 Å². The summed E-state index contributed by atoms with van der Waals surface area (Å²) in [5.41, 5.74) is 4.42. The summed E-state index contributed by atoms with van der Waals surface area (Å²) in [5, 5.41) is 11.6. The summed E-state index contributed by atoms with van der Waals surface area (Å²) in [6.45, 7) is 6.50. The van der Waals surface area contributed by atoms with Gasteiger partial charge in [0.15, 0.2) is 5.11 Å². The first-order chi connectivity index (χ1) is 11.6. The molecule has 6 heteroatoms. The van der Waals surface area contributed by atoms with E-state index in [-0.39, 0.29) is 6.10 Å². The molecule has 0 saturated carbocycles. The molecule has 3 rings (SSSR count). The molecule has 0 bridgehead atoms. The topological polar surface area (TPSA) is 51.1 Å². The van der Waals surface area contributed by atoms with Crippen LogP contribution in [0.3, 0.4) is 0 Å². The van der Waals surface area contributed by atoms with Crippen LogP contribution in [0.25, 0.3) is 0 Å². The Hall–Kier alpha value is -1.92. The Morgan fingerprint density at radius 1 is 1.33 bits per heavy atom. The lowest BCUT2D eigenvalue weighted by Gasteiger charge is -2.14. The van der Waals surface area contributed by atoms with Gasteiger partial charge in [-0.05, 0) is 62.7 Å². The molecule has 1 atom stereocenters. The molecule has 1 aromatic heterocycles. The molecule has 128 valence electrons. The number of hydrogen-bond acceptors (Lipinski definition) is 3. The van der Waals surface area contributed by atoms with Crippen molar-refractivity contribution >= 4 is 23.0 Å². The number of anilines is 1. The molecule has 2 heterocycles. The molecule has 1 aliphatic rings. The van der Waals surface area contributed by atoms with Crippen molar-refractivity contribution in [3.63, 3.8) is 0 Å². The van der Waals surface area contributed by atoms with Crippen LogP contribution in [0.2, 0.25) is 0 Å². The summed E-state index contributed by atoms with van der Waals surface area (Å²) >= 11 is 5.34. The number of ether oxygens (including phenoxy) is 1. The first-order valence-electron chi connectivity index (χ1n) is 8.36. The van der Waals surface area contributed by atoms with Crippen molar-refractivity contribution in [1.82, 2.24) is 15.1 Å². The van der Waals surface area contributed by atoms with Crippen LogP contribution in [0.5, 0.6) is 0 Å². The van der Waals surface area contributed by atoms with Crippen molar-refractivity contribution in [2.45, 2.75) is 39.3 Å². The zero-order valence-corrected chi connectivity index (χ0v) is 15.0. The van der Waals surface area contributed by atoms with E-state index in [4.69, 9.17) is 17.0 Å². The van der Waals surface area contributed by atoms with Crippen molar-refractivity contribution in [3.8, 4) is 0 Å². The van der Waals surface area contributed by atoms with Crippen LogP contribution in [0.15, 0.2) is 30.3 Å². The summed E-state index contributed by atoms with van der Waals surface area (Å²) in [7, 11) is 0. The van der Waals surface area contributed by atoms with Crippen molar-refractivity contribution in [2.75, 3.05) is 18.5 Å². The average Bonchev–Trinajstić information content (AvgIpc) is 3.17. The van der Waals surface area contributed by atoms with E-state index in [1.807, 2.05) is 23.7 Å². The first-order valence-corrected chi connectivity index (χ1v) is 8.77. The maximum Gasteiger partial charge on any atom is 0.170 e. The Bertz CT molecular complexity index is 690. The van der Waals surface area contributed by atoms with Crippen LogP contribution in [0, 0.1) is 13.8 Å². The SMILES string of the molecule is Cc1cc(C)n(Cc2ccc(NC(=S)NCC3CCCO3)cc2)n1. The van der Waals surface area contributed by atoms with Gasteiger partial charge in [-0.2, -0.15) is 5.10 Å². The van der Waals surface area contributed by atoms with E-state index in [1.54, 1.807) is 0 Å². The van der Waals surface area contributed by atoms with Gasteiger partial charge in [-0.25, -0.2) is 0 Å². The number of rotatable bonds is 5. The van der Waals surface area contributed by atoms with Gasteiger partial charge in [0.05, 0.1) is 18.3 Å². The molecule has 1 fully saturated rings. The highest BCUT2D eigenvalue weighted by Gasteiger charge is 2.15. The number of aromatic nitrogens is 2. The number of nitrogens with one attached hydrogen (secondary N) is 2. The Morgan fingerprint density at radius 2 is 2.12 bits per heavy atom. The quantitative estimate of drug-likeness (QED) is 0.817. The third kappa shape index (κ3) is 4.55. The minimum Gasteiger partial charge on any atom is -0.376 e. The van der Waals surface area contributed by atoms with Crippen molar-refractivity contribution in [3.05, 3.63) is 47.3 Å². The lowest BCUT2D eigenvalue weighted by atomic mass is 10.2. The van der Waals surface area contributed by atoms with Gasteiger partial charge in [-0.1, -0.05) is 12.1 Å². The fourth-order valence-corrected chi connectivity index (χ4v) is 3.09. The fourth-order valence-electron chi connectivity index (χ4n) is 2.89. The summed E-state index contributed by atoms with van der Waals surface area (Å²) in [6.07, 6.45) is 2.53. The lowest BCUT2D eigenvalue weighted by Crippen LogP contribution is -2.34. The second-order valence-electron chi connectivity index (χ2n) is 6.25. The van der Waals surface area contributed by atoms with Crippen molar-refractivity contribution in [1.29, 1.82) is 0 Å². The normalized spacial score (nSPS) is 17.0. The van der Waals surface area contributed by atoms with E-state index in [0.717, 1.165) is 43.9 Å². The van der Waals surface area contributed by atoms with Crippen molar-refractivity contribution < 1.29 is 4.74 Å². The van der Waals surface area contributed by atoms with Crippen LogP contribution >= 0.6 is 12.2 Å². The van der Waals surface area contributed by atoms with Crippen LogP contribution < -0.4 is 10.6 Å². The molecule has 2 N–H and O–H groups in total. The van der Waals surface area contributed by atoms with Gasteiger partial charge in [0.1, 0.15) is 0 Å². The molecule has 1 aliphatic heterocycles. The largest absolute Gasteiger partial charge is 0.376 e. The molecule has 2 aromatic rings. The zero-order chi connectivity index (χ0) is 16.9. The Kier molecular flexibility index (Phi) is 5.48.